The second-order valence-electron chi connectivity index (χ2n) is 5.11. The number of benzene rings is 1. The van der Waals surface area contributed by atoms with E-state index < -0.39 is 0 Å². The Balaban J connectivity index is 2.16. The zero-order chi connectivity index (χ0) is 14.3. The summed E-state index contributed by atoms with van der Waals surface area (Å²) in [5, 5.41) is 3.83. The molecule has 3 nitrogen and oxygen atoms in total. The van der Waals surface area contributed by atoms with Gasteiger partial charge < -0.3 is 5.32 Å². The van der Waals surface area contributed by atoms with Gasteiger partial charge in [0.1, 0.15) is 0 Å². The van der Waals surface area contributed by atoms with Gasteiger partial charge in [-0.3, -0.25) is 9.59 Å². The van der Waals surface area contributed by atoms with Gasteiger partial charge in [-0.15, -0.1) is 0 Å². The third-order valence-corrected chi connectivity index (χ3v) is 4.49. The first-order valence-electron chi connectivity index (χ1n) is 6.58. The first kappa shape index (κ1) is 13.7. The van der Waals surface area contributed by atoms with Crippen molar-refractivity contribution >= 4 is 34.9 Å². The number of Topliss-reactive ketones (excluding diaryl/α,β-unsaturated/α-hetero) is 1. The highest BCUT2D eigenvalue weighted by molar-refractivity contribution is 6.36. The normalized spacial score (nSPS) is 22.6. The lowest BCUT2D eigenvalue weighted by Crippen LogP contribution is -2.36. The summed E-state index contributed by atoms with van der Waals surface area (Å²) in [6, 6.07) is 5.24. The van der Waals surface area contributed by atoms with Crippen molar-refractivity contribution in [3.63, 3.8) is 0 Å². The highest BCUT2D eigenvalue weighted by Gasteiger charge is 2.36. The summed E-state index contributed by atoms with van der Waals surface area (Å²) >= 11 is 12.5. The molecule has 1 aliphatic heterocycles. The Hall–Kier alpha value is -1.32. The molecule has 1 aliphatic carbocycles. The maximum Gasteiger partial charge on any atom is 0.225 e. The van der Waals surface area contributed by atoms with Crippen LogP contribution >= 0.6 is 23.2 Å². The van der Waals surface area contributed by atoms with Crippen LogP contribution in [0.4, 0.5) is 0 Å². The standard InChI is InChI=1S/C15H13Cl2NO2/c16-9-3-1-4-10(17)14(9)8-7-13(20)18-11-5-2-6-12(19)15(8)11/h1,3-4,8H,2,5-7H2,(H,18,20). The van der Waals surface area contributed by atoms with Gasteiger partial charge in [-0.05, 0) is 30.5 Å². The van der Waals surface area contributed by atoms with E-state index >= 15 is 0 Å². The largest absolute Gasteiger partial charge is 0.329 e. The molecule has 104 valence electrons. The van der Waals surface area contributed by atoms with E-state index in [4.69, 9.17) is 23.2 Å². The lowest BCUT2D eigenvalue weighted by Gasteiger charge is -2.31. The first-order valence-corrected chi connectivity index (χ1v) is 7.33. The van der Waals surface area contributed by atoms with Crippen molar-refractivity contribution < 1.29 is 9.59 Å². The molecule has 5 heteroatoms. The van der Waals surface area contributed by atoms with Crippen molar-refractivity contribution in [3.05, 3.63) is 45.1 Å². The summed E-state index contributed by atoms with van der Waals surface area (Å²) in [4.78, 5) is 24.1. The van der Waals surface area contributed by atoms with Crippen molar-refractivity contribution in [2.45, 2.75) is 31.6 Å². The molecule has 1 heterocycles. The average molecular weight is 310 g/mol. The van der Waals surface area contributed by atoms with Gasteiger partial charge in [0, 0.05) is 40.1 Å². The van der Waals surface area contributed by atoms with E-state index in [0.717, 1.165) is 18.5 Å². The molecule has 1 atom stereocenters. The van der Waals surface area contributed by atoms with E-state index in [1.165, 1.54) is 0 Å². The molecule has 0 bridgehead atoms. The second kappa shape index (κ2) is 5.23. The summed E-state index contributed by atoms with van der Waals surface area (Å²) in [6.07, 6.45) is 2.24. The molecule has 0 spiro atoms. The number of carbonyl (C=O) groups is 2. The summed E-state index contributed by atoms with van der Waals surface area (Å²) in [5.41, 5.74) is 2.12. The van der Waals surface area contributed by atoms with E-state index in [1.807, 2.05) is 0 Å². The number of amides is 1. The van der Waals surface area contributed by atoms with Gasteiger partial charge in [-0.1, -0.05) is 29.3 Å². The fourth-order valence-corrected chi connectivity index (χ4v) is 3.66. The summed E-state index contributed by atoms with van der Waals surface area (Å²) in [6.45, 7) is 0. The topological polar surface area (TPSA) is 46.2 Å². The number of nitrogens with one attached hydrogen (secondary N) is 1. The zero-order valence-electron chi connectivity index (χ0n) is 10.7. The molecule has 0 fully saturated rings. The highest BCUT2D eigenvalue weighted by Crippen LogP contribution is 2.43. The van der Waals surface area contributed by atoms with Crippen LogP contribution in [0.25, 0.3) is 0 Å². The lowest BCUT2D eigenvalue weighted by atomic mass is 9.78. The zero-order valence-corrected chi connectivity index (χ0v) is 12.2. The van der Waals surface area contributed by atoms with Gasteiger partial charge in [0.05, 0.1) is 0 Å². The number of ketones is 1. The van der Waals surface area contributed by atoms with Crippen molar-refractivity contribution in [3.8, 4) is 0 Å². The van der Waals surface area contributed by atoms with Gasteiger partial charge in [-0.25, -0.2) is 0 Å². The van der Waals surface area contributed by atoms with Crippen LogP contribution in [0.2, 0.25) is 10.0 Å². The SMILES string of the molecule is O=C1CC(c2c(Cl)cccc2Cl)C2=C(CCCC2=O)N1. The molecule has 1 amide bonds. The Bertz CT molecular complexity index is 617. The van der Waals surface area contributed by atoms with Gasteiger partial charge in [-0.2, -0.15) is 0 Å². The number of rotatable bonds is 1. The average Bonchev–Trinajstić information content (AvgIpc) is 2.38. The van der Waals surface area contributed by atoms with Crippen molar-refractivity contribution in [1.29, 1.82) is 0 Å². The summed E-state index contributed by atoms with van der Waals surface area (Å²) < 4.78 is 0. The van der Waals surface area contributed by atoms with Gasteiger partial charge in [0.2, 0.25) is 5.91 Å². The minimum absolute atomic E-state index is 0.0839. The second-order valence-corrected chi connectivity index (χ2v) is 5.92. The molecule has 20 heavy (non-hydrogen) atoms. The number of carbonyl (C=O) groups excluding carboxylic acids is 2. The fraction of sp³-hybridized carbons (Fsp3) is 0.333. The van der Waals surface area contributed by atoms with E-state index in [9.17, 15) is 9.59 Å². The Labute approximate surface area is 126 Å². The third-order valence-electron chi connectivity index (χ3n) is 3.83. The van der Waals surface area contributed by atoms with Crippen LogP contribution < -0.4 is 5.32 Å². The molecule has 3 rings (SSSR count). The molecule has 1 aromatic rings. The van der Waals surface area contributed by atoms with Crippen LogP contribution in [0, 0.1) is 0 Å². The Morgan fingerprint density at radius 3 is 2.50 bits per heavy atom. The van der Waals surface area contributed by atoms with Crippen molar-refractivity contribution in [2.24, 2.45) is 0 Å². The van der Waals surface area contributed by atoms with Crippen LogP contribution in [0.3, 0.4) is 0 Å². The predicted molar refractivity (Wildman–Crippen MR) is 77.8 cm³/mol. The molecule has 2 aliphatic rings. The Kier molecular flexibility index (Phi) is 3.57. The molecule has 1 unspecified atom stereocenters. The predicted octanol–water partition coefficient (Wildman–Crippen LogP) is 3.60. The van der Waals surface area contributed by atoms with Gasteiger partial charge in [0.15, 0.2) is 5.78 Å². The Morgan fingerprint density at radius 1 is 1.10 bits per heavy atom. The molecule has 1 aromatic carbocycles. The number of allylic oxidation sites excluding steroid dienone is 2. The maximum absolute atomic E-state index is 12.2. The number of halogens is 2. The fourth-order valence-electron chi connectivity index (χ4n) is 2.99. The quantitative estimate of drug-likeness (QED) is 0.861. The van der Waals surface area contributed by atoms with Crippen LogP contribution in [0.5, 0.6) is 0 Å². The van der Waals surface area contributed by atoms with E-state index in [2.05, 4.69) is 5.32 Å². The molecule has 0 aromatic heterocycles. The van der Waals surface area contributed by atoms with Gasteiger partial charge >= 0.3 is 0 Å². The number of hydrogen-bond acceptors (Lipinski definition) is 2. The molecular formula is C15H13Cl2NO2. The van der Waals surface area contributed by atoms with Crippen LogP contribution in [0.1, 0.15) is 37.2 Å². The van der Waals surface area contributed by atoms with E-state index in [0.29, 0.717) is 27.6 Å². The first-order chi connectivity index (χ1) is 9.58. The summed E-state index contributed by atoms with van der Waals surface area (Å²) in [5.74, 6) is -0.320. The number of hydrogen-bond donors (Lipinski definition) is 1. The maximum atomic E-state index is 12.2. The highest BCUT2D eigenvalue weighted by atomic mass is 35.5. The van der Waals surface area contributed by atoms with Crippen LogP contribution in [-0.2, 0) is 9.59 Å². The van der Waals surface area contributed by atoms with Crippen LogP contribution in [-0.4, -0.2) is 11.7 Å². The molecular weight excluding hydrogens is 297 g/mol. The van der Waals surface area contributed by atoms with Crippen LogP contribution in [0.15, 0.2) is 29.5 Å². The smallest absolute Gasteiger partial charge is 0.225 e. The van der Waals surface area contributed by atoms with Crippen molar-refractivity contribution in [1.82, 2.24) is 5.32 Å². The van der Waals surface area contributed by atoms with E-state index in [-0.39, 0.29) is 24.0 Å². The molecule has 0 radical (unpaired) electrons. The van der Waals surface area contributed by atoms with Crippen molar-refractivity contribution in [2.75, 3.05) is 0 Å². The monoisotopic (exact) mass is 309 g/mol. The lowest BCUT2D eigenvalue weighted by molar-refractivity contribution is -0.122. The van der Waals surface area contributed by atoms with Gasteiger partial charge in [0.25, 0.3) is 0 Å². The molecule has 0 saturated carbocycles. The molecule has 0 saturated heterocycles. The molecule has 1 N–H and O–H groups in total. The van der Waals surface area contributed by atoms with E-state index in [1.54, 1.807) is 18.2 Å². The summed E-state index contributed by atoms with van der Waals surface area (Å²) in [7, 11) is 0. The minimum atomic E-state index is -0.326. The Morgan fingerprint density at radius 2 is 1.80 bits per heavy atom. The third kappa shape index (κ3) is 2.25. The minimum Gasteiger partial charge on any atom is -0.329 e.